The number of rotatable bonds is 14. The summed E-state index contributed by atoms with van der Waals surface area (Å²) in [7, 11) is 0. The van der Waals surface area contributed by atoms with E-state index in [1.54, 1.807) is 35.3 Å². The molecule has 1 saturated heterocycles. The average molecular weight is 703 g/mol. The number of aryl methyl sites for hydroxylation is 2. The molecule has 9 heteroatoms. The summed E-state index contributed by atoms with van der Waals surface area (Å²) in [5, 5.41) is 0. The maximum Gasteiger partial charge on any atom is 0.253 e. The van der Waals surface area contributed by atoms with Gasteiger partial charge in [0.25, 0.3) is 5.91 Å². The average Bonchev–Trinajstić information content (AvgIpc) is 3.67. The van der Waals surface area contributed by atoms with Crippen molar-refractivity contribution >= 4 is 22.8 Å². The number of aromatic nitrogens is 2. The van der Waals surface area contributed by atoms with Gasteiger partial charge in [-0.25, -0.2) is 4.98 Å². The quantitative estimate of drug-likeness (QED) is 0.107. The molecule has 264 valence electrons. The van der Waals surface area contributed by atoms with E-state index in [9.17, 15) is 4.79 Å². The van der Waals surface area contributed by atoms with Gasteiger partial charge in [-0.3, -0.25) is 14.7 Å². The van der Waals surface area contributed by atoms with Gasteiger partial charge in [-0.2, -0.15) is 0 Å². The number of piperazine rings is 1. The maximum absolute atomic E-state index is 13.5. The number of ether oxygens (including phenoxy) is 3. The van der Waals surface area contributed by atoms with E-state index in [1.807, 2.05) is 36.9 Å². The van der Waals surface area contributed by atoms with Crippen LogP contribution in [0.4, 0.5) is 0 Å². The van der Waals surface area contributed by atoms with E-state index in [1.165, 1.54) is 16.7 Å². The van der Waals surface area contributed by atoms with Crippen LogP contribution in [0, 0.1) is 13.8 Å². The highest BCUT2D eigenvalue weighted by molar-refractivity contribution is 7.09. The largest absolute Gasteiger partial charge is 0.493 e. The number of hydrogen-bond donors (Lipinski definition) is 0. The lowest BCUT2D eigenvalue weighted by Crippen LogP contribution is -2.48. The molecule has 0 N–H and O–H groups in total. The van der Waals surface area contributed by atoms with Crippen molar-refractivity contribution in [2.75, 3.05) is 32.8 Å². The Kier molecular flexibility index (Phi) is 11.8. The number of pyridine rings is 1. The van der Waals surface area contributed by atoms with Crippen LogP contribution < -0.4 is 14.2 Å². The summed E-state index contributed by atoms with van der Waals surface area (Å²) in [5.41, 5.74) is 8.75. The van der Waals surface area contributed by atoms with E-state index >= 15 is 0 Å². The molecule has 0 unspecified atom stereocenters. The molecule has 0 aliphatic carbocycles. The van der Waals surface area contributed by atoms with E-state index in [2.05, 4.69) is 83.8 Å². The summed E-state index contributed by atoms with van der Waals surface area (Å²) in [6.45, 7) is 17.5. The summed E-state index contributed by atoms with van der Waals surface area (Å²) >= 11 is 1.55. The fourth-order valence-electron chi connectivity index (χ4n) is 6.10. The van der Waals surface area contributed by atoms with Gasteiger partial charge in [0.05, 0.1) is 23.2 Å². The Labute approximate surface area is 305 Å². The monoisotopic (exact) mass is 702 g/mol. The van der Waals surface area contributed by atoms with Crippen molar-refractivity contribution in [1.82, 2.24) is 19.8 Å². The van der Waals surface area contributed by atoms with Crippen molar-refractivity contribution in [3.05, 3.63) is 136 Å². The Morgan fingerprint density at radius 1 is 0.863 bits per heavy atom. The van der Waals surface area contributed by atoms with Crippen LogP contribution >= 0.6 is 11.3 Å². The van der Waals surface area contributed by atoms with Crippen LogP contribution in [0.1, 0.15) is 58.0 Å². The molecular formula is C42H46N4O4S. The Hall–Kier alpha value is -4.99. The number of carbonyl (C=O) groups excluding carboxylic acids is 1. The molecule has 1 fully saturated rings. The Morgan fingerprint density at radius 2 is 1.55 bits per heavy atom. The van der Waals surface area contributed by atoms with Gasteiger partial charge < -0.3 is 19.1 Å². The van der Waals surface area contributed by atoms with E-state index in [0.29, 0.717) is 55.2 Å². The van der Waals surface area contributed by atoms with Crippen molar-refractivity contribution in [1.29, 1.82) is 0 Å². The van der Waals surface area contributed by atoms with Crippen molar-refractivity contribution in [2.45, 2.75) is 53.2 Å². The molecule has 2 aromatic heterocycles. The van der Waals surface area contributed by atoms with Crippen LogP contribution in [0.15, 0.2) is 97.3 Å². The minimum Gasteiger partial charge on any atom is -0.493 e. The van der Waals surface area contributed by atoms with Gasteiger partial charge in [0.1, 0.15) is 23.9 Å². The fourth-order valence-corrected chi connectivity index (χ4v) is 6.60. The standard InChI is InChI=1S/C42H46N4O4S/c1-29(2)35-10-12-37(13-11-35)48-21-16-33-6-8-34(9-7-33)26-45-17-19-46(20-18-45)42(47)32(5)36-22-30(3)41(31(4)23-36)50-40-15-14-38(24-44-40)49-27-39-25-43-28-51-39/h6-15,22-25,28-29H,5,16-21,26-27H2,1-4H3. The first-order valence-corrected chi connectivity index (χ1v) is 18.4. The molecule has 0 radical (unpaired) electrons. The number of carbonyl (C=O) groups is 1. The molecule has 0 saturated carbocycles. The zero-order chi connectivity index (χ0) is 35.7. The first-order valence-electron chi connectivity index (χ1n) is 17.5. The zero-order valence-electron chi connectivity index (χ0n) is 29.9. The summed E-state index contributed by atoms with van der Waals surface area (Å²) in [6.07, 6.45) is 4.31. The smallest absolute Gasteiger partial charge is 0.253 e. The molecule has 0 spiro atoms. The number of amides is 1. The van der Waals surface area contributed by atoms with Gasteiger partial charge in [-0.05, 0) is 83.5 Å². The molecule has 1 amide bonds. The highest BCUT2D eigenvalue weighted by Gasteiger charge is 2.24. The molecule has 6 rings (SSSR count). The second-order valence-electron chi connectivity index (χ2n) is 13.3. The fraction of sp³-hybridized carbons (Fsp3) is 0.310. The Balaban J connectivity index is 0.946. The highest BCUT2D eigenvalue weighted by Crippen LogP contribution is 2.32. The molecule has 51 heavy (non-hydrogen) atoms. The normalized spacial score (nSPS) is 13.3. The van der Waals surface area contributed by atoms with E-state index in [0.717, 1.165) is 53.4 Å². The van der Waals surface area contributed by atoms with Crippen molar-refractivity contribution in [3.8, 4) is 23.1 Å². The topological polar surface area (TPSA) is 77.0 Å². The molecule has 0 bridgehead atoms. The van der Waals surface area contributed by atoms with Crippen LogP contribution in [0.2, 0.25) is 0 Å². The van der Waals surface area contributed by atoms with Gasteiger partial charge in [-0.1, -0.05) is 56.8 Å². The summed E-state index contributed by atoms with van der Waals surface area (Å²) in [4.78, 5) is 27.4. The van der Waals surface area contributed by atoms with Gasteiger partial charge in [-0.15, -0.1) is 11.3 Å². The third-order valence-corrected chi connectivity index (χ3v) is 9.90. The molecule has 8 nitrogen and oxygen atoms in total. The third kappa shape index (κ3) is 9.62. The van der Waals surface area contributed by atoms with Crippen LogP contribution in [0.5, 0.6) is 23.1 Å². The first-order chi connectivity index (χ1) is 24.7. The summed E-state index contributed by atoms with van der Waals surface area (Å²) in [6, 6.07) is 24.7. The lowest BCUT2D eigenvalue weighted by molar-refractivity contribution is -0.126. The second-order valence-corrected chi connectivity index (χ2v) is 14.3. The van der Waals surface area contributed by atoms with Gasteiger partial charge in [0.2, 0.25) is 5.88 Å². The van der Waals surface area contributed by atoms with E-state index in [-0.39, 0.29) is 5.91 Å². The Bertz CT molecular complexity index is 1880. The van der Waals surface area contributed by atoms with E-state index in [4.69, 9.17) is 14.2 Å². The minimum absolute atomic E-state index is 0.0276. The first kappa shape index (κ1) is 35.8. The molecule has 1 aliphatic rings. The number of thiazole rings is 1. The predicted octanol–water partition coefficient (Wildman–Crippen LogP) is 8.63. The Morgan fingerprint density at radius 3 is 2.18 bits per heavy atom. The molecule has 1 aliphatic heterocycles. The number of benzene rings is 3. The van der Waals surface area contributed by atoms with Crippen molar-refractivity contribution in [2.24, 2.45) is 0 Å². The highest BCUT2D eigenvalue weighted by atomic mass is 32.1. The van der Waals surface area contributed by atoms with Crippen LogP contribution in [-0.2, 0) is 24.4 Å². The van der Waals surface area contributed by atoms with Crippen molar-refractivity contribution in [3.63, 3.8) is 0 Å². The van der Waals surface area contributed by atoms with Gasteiger partial charge in [0.15, 0.2) is 0 Å². The van der Waals surface area contributed by atoms with Crippen LogP contribution in [-0.4, -0.2) is 58.5 Å². The predicted molar refractivity (Wildman–Crippen MR) is 204 cm³/mol. The number of hydrogen-bond acceptors (Lipinski definition) is 8. The lowest BCUT2D eigenvalue weighted by atomic mass is 9.99. The zero-order valence-corrected chi connectivity index (χ0v) is 30.7. The summed E-state index contributed by atoms with van der Waals surface area (Å²) < 4.78 is 17.9. The van der Waals surface area contributed by atoms with Gasteiger partial charge >= 0.3 is 0 Å². The SMILES string of the molecule is C=C(C(=O)N1CCN(Cc2ccc(CCOc3ccc(C(C)C)cc3)cc2)CC1)c1cc(C)c(Oc2ccc(OCc3cncs3)cn2)c(C)c1. The molecule has 0 atom stereocenters. The second kappa shape index (κ2) is 16.8. The van der Waals surface area contributed by atoms with Crippen molar-refractivity contribution < 1.29 is 19.0 Å². The molecular weight excluding hydrogens is 657 g/mol. The maximum atomic E-state index is 13.5. The number of nitrogens with zero attached hydrogens (tertiary/aromatic N) is 4. The van der Waals surface area contributed by atoms with E-state index < -0.39 is 0 Å². The van der Waals surface area contributed by atoms with Gasteiger partial charge in [0, 0.05) is 57.0 Å². The molecule has 3 heterocycles. The van der Waals surface area contributed by atoms with Crippen LogP contribution in [0.3, 0.4) is 0 Å². The third-order valence-electron chi connectivity index (χ3n) is 9.14. The molecule has 5 aromatic rings. The van der Waals surface area contributed by atoms with Crippen LogP contribution in [0.25, 0.3) is 5.57 Å². The summed E-state index contributed by atoms with van der Waals surface area (Å²) in [5.74, 6) is 3.25. The minimum atomic E-state index is -0.0276. The lowest BCUT2D eigenvalue weighted by Gasteiger charge is -2.35. The molecule has 3 aromatic carbocycles.